The van der Waals surface area contributed by atoms with Gasteiger partial charge in [-0.2, -0.15) is 0 Å². The highest BCUT2D eigenvalue weighted by Crippen LogP contribution is 2.28. The predicted octanol–water partition coefficient (Wildman–Crippen LogP) is 3.42. The van der Waals surface area contributed by atoms with Gasteiger partial charge in [0.15, 0.2) is 0 Å². The Bertz CT molecular complexity index is 423. The molecule has 0 N–H and O–H groups in total. The molecular formula is C19H34N2O3. The van der Waals surface area contributed by atoms with Gasteiger partial charge in [0.05, 0.1) is 12.2 Å². The molecule has 3 aliphatic rings. The SMILES string of the molecule is CC(C)(C)OC(=O)N1CCC(N2CCCC(OC3CCC3)C2)CC1. The molecule has 0 spiro atoms. The highest BCUT2D eigenvalue weighted by molar-refractivity contribution is 5.68. The molecule has 0 bridgehead atoms. The second-order valence-corrected chi connectivity index (χ2v) is 8.65. The molecule has 3 fully saturated rings. The summed E-state index contributed by atoms with van der Waals surface area (Å²) in [4.78, 5) is 16.7. The molecule has 0 aromatic carbocycles. The van der Waals surface area contributed by atoms with Crippen LogP contribution in [0.2, 0.25) is 0 Å². The number of rotatable bonds is 3. The fourth-order valence-electron chi connectivity index (χ4n) is 3.93. The van der Waals surface area contributed by atoms with E-state index in [9.17, 15) is 4.79 Å². The monoisotopic (exact) mass is 338 g/mol. The van der Waals surface area contributed by atoms with Crippen LogP contribution >= 0.6 is 0 Å². The maximum absolute atomic E-state index is 12.2. The summed E-state index contributed by atoms with van der Waals surface area (Å²) in [6, 6.07) is 0.594. The Labute approximate surface area is 146 Å². The summed E-state index contributed by atoms with van der Waals surface area (Å²) < 4.78 is 11.7. The molecule has 0 aromatic rings. The number of amides is 1. The number of likely N-dealkylation sites (tertiary alicyclic amines) is 2. The van der Waals surface area contributed by atoms with Crippen LogP contribution < -0.4 is 0 Å². The van der Waals surface area contributed by atoms with Gasteiger partial charge >= 0.3 is 6.09 Å². The zero-order valence-electron chi connectivity index (χ0n) is 15.6. The lowest BCUT2D eigenvalue weighted by molar-refractivity contribution is -0.0861. The van der Waals surface area contributed by atoms with E-state index >= 15 is 0 Å². The van der Waals surface area contributed by atoms with Crippen LogP contribution in [0.5, 0.6) is 0 Å². The summed E-state index contributed by atoms with van der Waals surface area (Å²) >= 11 is 0. The summed E-state index contributed by atoms with van der Waals surface area (Å²) in [5.74, 6) is 0. The first-order valence-corrected chi connectivity index (χ1v) is 9.78. The maximum Gasteiger partial charge on any atom is 0.410 e. The highest BCUT2D eigenvalue weighted by atomic mass is 16.6. The largest absolute Gasteiger partial charge is 0.444 e. The number of carbonyl (C=O) groups is 1. The van der Waals surface area contributed by atoms with Crippen molar-refractivity contribution in [3.05, 3.63) is 0 Å². The van der Waals surface area contributed by atoms with E-state index in [0.717, 1.165) is 32.5 Å². The van der Waals surface area contributed by atoms with E-state index in [1.165, 1.54) is 38.6 Å². The van der Waals surface area contributed by atoms with Crippen molar-refractivity contribution in [3.63, 3.8) is 0 Å². The molecule has 2 saturated heterocycles. The molecule has 3 rings (SSSR count). The summed E-state index contributed by atoms with van der Waals surface area (Å²) in [5, 5.41) is 0. The third-order valence-corrected chi connectivity index (χ3v) is 5.48. The Morgan fingerprint density at radius 2 is 1.58 bits per heavy atom. The van der Waals surface area contributed by atoms with E-state index in [2.05, 4.69) is 4.90 Å². The number of carbonyl (C=O) groups excluding carboxylic acids is 1. The molecule has 1 unspecified atom stereocenters. The molecule has 1 atom stereocenters. The second-order valence-electron chi connectivity index (χ2n) is 8.65. The van der Waals surface area contributed by atoms with Gasteiger partial charge < -0.3 is 14.4 Å². The Morgan fingerprint density at radius 3 is 2.17 bits per heavy atom. The average molecular weight is 338 g/mol. The molecule has 0 radical (unpaired) electrons. The van der Waals surface area contributed by atoms with E-state index < -0.39 is 5.60 Å². The minimum atomic E-state index is -0.410. The number of hydrogen-bond acceptors (Lipinski definition) is 4. The fourth-order valence-corrected chi connectivity index (χ4v) is 3.93. The molecular weight excluding hydrogens is 304 g/mol. The van der Waals surface area contributed by atoms with Crippen molar-refractivity contribution in [3.8, 4) is 0 Å². The third kappa shape index (κ3) is 4.85. The van der Waals surface area contributed by atoms with Crippen molar-refractivity contribution in [2.75, 3.05) is 26.2 Å². The van der Waals surface area contributed by atoms with E-state index in [4.69, 9.17) is 9.47 Å². The number of hydrogen-bond donors (Lipinski definition) is 0. The van der Waals surface area contributed by atoms with E-state index in [-0.39, 0.29) is 6.09 Å². The van der Waals surface area contributed by atoms with Gasteiger partial charge in [-0.3, -0.25) is 4.90 Å². The zero-order chi connectivity index (χ0) is 17.2. The van der Waals surface area contributed by atoms with Crippen molar-refractivity contribution in [2.24, 2.45) is 0 Å². The molecule has 5 heteroatoms. The smallest absolute Gasteiger partial charge is 0.410 e. The predicted molar refractivity (Wildman–Crippen MR) is 94.1 cm³/mol. The number of piperidine rings is 2. The Balaban J connectivity index is 1.43. The van der Waals surface area contributed by atoms with E-state index in [1.807, 2.05) is 25.7 Å². The molecule has 138 valence electrons. The lowest BCUT2D eigenvalue weighted by Crippen LogP contribution is -2.52. The molecule has 1 amide bonds. The molecule has 1 saturated carbocycles. The van der Waals surface area contributed by atoms with Gasteiger partial charge in [-0.05, 0) is 72.3 Å². The van der Waals surface area contributed by atoms with Crippen LogP contribution in [0.25, 0.3) is 0 Å². The zero-order valence-corrected chi connectivity index (χ0v) is 15.6. The quantitative estimate of drug-likeness (QED) is 0.791. The van der Waals surface area contributed by atoms with Crippen LogP contribution in [0.15, 0.2) is 0 Å². The minimum Gasteiger partial charge on any atom is -0.444 e. The lowest BCUT2D eigenvalue weighted by Gasteiger charge is -2.43. The van der Waals surface area contributed by atoms with Crippen LogP contribution in [-0.2, 0) is 9.47 Å². The Hall–Kier alpha value is -0.810. The maximum atomic E-state index is 12.2. The topological polar surface area (TPSA) is 42.0 Å². The Morgan fingerprint density at radius 1 is 0.917 bits per heavy atom. The standard InChI is InChI=1S/C19H34N2O3/c1-19(2,3)24-18(22)20-12-9-15(10-13-20)21-11-5-8-17(14-21)23-16-6-4-7-16/h15-17H,4-14H2,1-3H3. The summed E-state index contributed by atoms with van der Waals surface area (Å²) in [5.41, 5.74) is -0.410. The van der Waals surface area contributed by atoms with Crippen LogP contribution in [-0.4, -0.2) is 65.9 Å². The van der Waals surface area contributed by atoms with Crippen LogP contribution in [0, 0.1) is 0 Å². The van der Waals surface area contributed by atoms with E-state index in [0.29, 0.717) is 18.2 Å². The molecule has 1 aliphatic carbocycles. The average Bonchev–Trinajstić information content (AvgIpc) is 2.50. The second kappa shape index (κ2) is 7.61. The van der Waals surface area contributed by atoms with Crippen LogP contribution in [0.1, 0.15) is 65.7 Å². The van der Waals surface area contributed by atoms with Crippen LogP contribution in [0.4, 0.5) is 4.79 Å². The van der Waals surface area contributed by atoms with Crippen molar-refractivity contribution in [1.82, 2.24) is 9.80 Å². The lowest BCUT2D eigenvalue weighted by atomic mass is 9.95. The summed E-state index contributed by atoms with van der Waals surface area (Å²) in [7, 11) is 0. The van der Waals surface area contributed by atoms with Crippen molar-refractivity contribution >= 4 is 6.09 Å². The summed E-state index contributed by atoms with van der Waals surface area (Å²) in [6.45, 7) is 9.65. The Kier molecular flexibility index (Phi) is 5.70. The number of nitrogens with zero attached hydrogens (tertiary/aromatic N) is 2. The van der Waals surface area contributed by atoms with Crippen LogP contribution in [0.3, 0.4) is 0 Å². The first-order chi connectivity index (χ1) is 11.4. The van der Waals surface area contributed by atoms with Gasteiger partial charge in [-0.25, -0.2) is 4.79 Å². The van der Waals surface area contributed by atoms with Gasteiger partial charge in [-0.15, -0.1) is 0 Å². The molecule has 24 heavy (non-hydrogen) atoms. The number of ether oxygens (including phenoxy) is 2. The summed E-state index contributed by atoms with van der Waals surface area (Å²) in [6.07, 6.45) is 9.19. The molecule has 2 heterocycles. The molecule has 2 aliphatic heterocycles. The normalized spacial score (nSPS) is 27.8. The van der Waals surface area contributed by atoms with Crippen molar-refractivity contribution in [2.45, 2.75) is 89.6 Å². The van der Waals surface area contributed by atoms with Crippen molar-refractivity contribution in [1.29, 1.82) is 0 Å². The molecule has 5 nitrogen and oxygen atoms in total. The first kappa shape index (κ1) is 18.0. The molecule has 0 aromatic heterocycles. The van der Waals surface area contributed by atoms with Gasteiger partial charge in [-0.1, -0.05) is 0 Å². The minimum absolute atomic E-state index is 0.161. The van der Waals surface area contributed by atoms with Gasteiger partial charge in [0, 0.05) is 25.7 Å². The van der Waals surface area contributed by atoms with Crippen molar-refractivity contribution < 1.29 is 14.3 Å². The van der Waals surface area contributed by atoms with E-state index in [1.54, 1.807) is 0 Å². The highest BCUT2D eigenvalue weighted by Gasteiger charge is 2.33. The van der Waals surface area contributed by atoms with Gasteiger partial charge in [0.25, 0.3) is 0 Å². The fraction of sp³-hybridized carbons (Fsp3) is 0.947. The van der Waals surface area contributed by atoms with Gasteiger partial charge in [0.1, 0.15) is 5.60 Å². The first-order valence-electron chi connectivity index (χ1n) is 9.78. The third-order valence-electron chi connectivity index (χ3n) is 5.48. The van der Waals surface area contributed by atoms with Gasteiger partial charge in [0.2, 0.25) is 0 Å².